The molecule has 1 N–H and O–H groups in total. The van der Waals surface area contributed by atoms with E-state index in [0.717, 1.165) is 65.6 Å². The van der Waals surface area contributed by atoms with Crippen LogP contribution in [0.5, 0.6) is 0 Å². The molecule has 0 aromatic heterocycles. The lowest BCUT2D eigenvalue weighted by Gasteiger charge is -2.37. The van der Waals surface area contributed by atoms with Gasteiger partial charge in [-0.1, -0.05) is 20.8 Å². The van der Waals surface area contributed by atoms with Gasteiger partial charge in [-0.25, -0.2) is 0 Å². The molecule has 140 valence electrons. The average Bonchev–Trinajstić information content (AvgIpc) is 2.61. The summed E-state index contributed by atoms with van der Waals surface area (Å²) in [5.74, 6) is 0.749. The van der Waals surface area contributed by atoms with E-state index >= 15 is 0 Å². The molecule has 2 aliphatic heterocycles. The van der Waals surface area contributed by atoms with Crippen molar-refractivity contribution < 1.29 is 9.53 Å². The highest BCUT2D eigenvalue weighted by molar-refractivity contribution is 5.81. The van der Waals surface area contributed by atoms with Gasteiger partial charge in [0.25, 0.3) is 0 Å². The first-order chi connectivity index (χ1) is 11.5. The van der Waals surface area contributed by atoms with Crippen molar-refractivity contribution in [3.8, 4) is 0 Å². The van der Waals surface area contributed by atoms with Crippen LogP contribution < -0.4 is 5.32 Å². The standard InChI is InChI=1S/C18H36N4O2/c1-5-20-6-8-22(9-7-20)18(23)16(4)19-17(15(2)3)14-21-10-12-24-13-11-21/h15-17,19H,5-14H2,1-4H3/t16-,17-/m1/s1. The molecular formula is C18H36N4O2. The maximum atomic E-state index is 12.8. The molecule has 0 aliphatic carbocycles. The molecule has 24 heavy (non-hydrogen) atoms. The van der Waals surface area contributed by atoms with Crippen LogP contribution in [0.2, 0.25) is 0 Å². The predicted molar refractivity (Wildman–Crippen MR) is 97.2 cm³/mol. The molecule has 0 saturated carbocycles. The summed E-state index contributed by atoms with van der Waals surface area (Å²) in [6.45, 7) is 18.1. The number of carbonyl (C=O) groups excluding carboxylic acids is 1. The average molecular weight is 341 g/mol. The summed E-state index contributed by atoms with van der Waals surface area (Å²) in [5.41, 5.74) is 0. The third-order valence-electron chi connectivity index (χ3n) is 5.33. The molecule has 0 bridgehead atoms. The summed E-state index contributed by atoms with van der Waals surface area (Å²) in [5, 5.41) is 3.60. The van der Waals surface area contributed by atoms with Gasteiger partial charge < -0.3 is 19.9 Å². The van der Waals surface area contributed by atoms with Crippen molar-refractivity contribution in [1.82, 2.24) is 20.0 Å². The fourth-order valence-corrected chi connectivity index (χ4v) is 3.47. The van der Waals surface area contributed by atoms with E-state index in [1.54, 1.807) is 0 Å². The molecule has 0 aromatic rings. The van der Waals surface area contributed by atoms with Crippen LogP contribution in [0.15, 0.2) is 0 Å². The molecular weight excluding hydrogens is 304 g/mol. The quantitative estimate of drug-likeness (QED) is 0.731. The van der Waals surface area contributed by atoms with Gasteiger partial charge in [-0.15, -0.1) is 0 Å². The van der Waals surface area contributed by atoms with Crippen LogP contribution in [0.25, 0.3) is 0 Å². The summed E-state index contributed by atoms with van der Waals surface area (Å²) < 4.78 is 5.43. The van der Waals surface area contributed by atoms with Crippen molar-refractivity contribution in [2.75, 3.05) is 65.6 Å². The molecule has 2 heterocycles. The van der Waals surface area contributed by atoms with E-state index in [1.807, 2.05) is 11.8 Å². The highest BCUT2D eigenvalue weighted by Gasteiger charge is 2.27. The van der Waals surface area contributed by atoms with Gasteiger partial charge in [0.1, 0.15) is 0 Å². The third kappa shape index (κ3) is 5.69. The number of hydrogen-bond acceptors (Lipinski definition) is 5. The highest BCUT2D eigenvalue weighted by Crippen LogP contribution is 2.10. The van der Waals surface area contributed by atoms with Crippen molar-refractivity contribution in [1.29, 1.82) is 0 Å². The van der Waals surface area contributed by atoms with Crippen LogP contribution in [0, 0.1) is 5.92 Å². The van der Waals surface area contributed by atoms with E-state index in [4.69, 9.17) is 4.74 Å². The fraction of sp³-hybridized carbons (Fsp3) is 0.944. The minimum Gasteiger partial charge on any atom is -0.379 e. The monoisotopic (exact) mass is 340 g/mol. The first-order valence-electron chi connectivity index (χ1n) is 9.58. The molecule has 0 aromatic carbocycles. The van der Waals surface area contributed by atoms with Crippen LogP contribution in [-0.4, -0.2) is 98.3 Å². The second-order valence-electron chi connectivity index (χ2n) is 7.41. The van der Waals surface area contributed by atoms with E-state index in [2.05, 4.69) is 35.9 Å². The van der Waals surface area contributed by atoms with E-state index < -0.39 is 0 Å². The predicted octanol–water partition coefficient (Wildman–Crippen LogP) is 0.485. The van der Waals surface area contributed by atoms with Crippen LogP contribution in [0.1, 0.15) is 27.7 Å². The number of rotatable bonds is 7. The maximum Gasteiger partial charge on any atom is 0.239 e. The Morgan fingerprint density at radius 3 is 2.17 bits per heavy atom. The second-order valence-corrected chi connectivity index (χ2v) is 7.41. The summed E-state index contributed by atoms with van der Waals surface area (Å²) >= 11 is 0. The van der Waals surface area contributed by atoms with Crippen molar-refractivity contribution in [3.05, 3.63) is 0 Å². The zero-order chi connectivity index (χ0) is 17.5. The van der Waals surface area contributed by atoms with Gasteiger partial charge in [-0.3, -0.25) is 9.69 Å². The Kier molecular flexibility index (Phi) is 7.94. The zero-order valence-corrected chi connectivity index (χ0v) is 16.0. The van der Waals surface area contributed by atoms with Gasteiger partial charge in [-0.2, -0.15) is 0 Å². The van der Waals surface area contributed by atoms with E-state index in [0.29, 0.717) is 12.0 Å². The minimum absolute atomic E-state index is 0.119. The zero-order valence-electron chi connectivity index (χ0n) is 16.0. The third-order valence-corrected chi connectivity index (χ3v) is 5.33. The van der Waals surface area contributed by atoms with Gasteiger partial charge in [0.05, 0.1) is 19.3 Å². The second kappa shape index (κ2) is 9.70. The molecule has 6 heteroatoms. The molecule has 0 spiro atoms. The lowest BCUT2D eigenvalue weighted by molar-refractivity contribution is -0.135. The number of amides is 1. The number of ether oxygens (including phenoxy) is 1. The molecule has 6 nitrogen and oxygen atoms in total. The fourth-order valence-electron chi connectivity index (χ4n) is 3.47. The van der Waals surface area contributed by atoms with E-state index in [1.165, 1.54) is 0 Å². The Balaban J connectivity index is 1.82. The largest absolute Gasteiger partial charge is 0.379 e. The van der Waals surface area contributed by atoms with Crippen molar-refractivity contribution >= 4 is 5.91 Å². The summed E-state index contributed by atoms with van der Waals surface area (Å²) in [6, 6.07) is 0.214. The number of carbonyl (C=O) groups is 1. The normalized spacial score (nSPS) is 23.5. The first kappa shape index (κ1) is 19.6. The molecule has 2 saturated heterocycles. The Bertz CT molecular complexity index is 377. The lowest BCUT2D eigenvalue weighted by Crippen LogP contribution is -2.57. The number of piperazine rings is 1. The number of nitrogens with one attached hydrogen (secondary N) is 1. The smallest absolute Gasteiger partial charge is 0.239 e. The Morgan fingerprint density at radius 1 is 1.00 bits per heavy atom. The molecule has 2 atom stereocenters. The molecule has 2 fully saturated rings. The topological polar surface area (TPSA) is 48.0 Å². The van der Waals surface area contributed by atoms with Gasteiger partial charge in [0.15, 0.2) is 0 Å². The van der Waals surface area contributed by atoms with Crippen molar-refractivity contribution in [2.24, 2.45) is 5.92 Å². The number of likely N-dealkylation sites (N-methyl/N-ethyl adjacent to an activating group) is 1. The number of nitrogens with zero attached hydrogens (tertiary/aromatic N) is 3. The summed E-state index contributed by atoms with van der Waals surface area (Å²) in [7, 11) is 0. The Morgan fingerprint density at radius 2 is 1.62 bits per heavy atom. The van der Waals surface area contributed by atoms with Gasteiger partial charge in [0.2, 0.25) is 5.91 Å². The Hall–Kier alpha value is -0.690. The lowest BCUT2D eigenvalue weighted by atomic mass is 10.0. The first-order valence-corrected chi connectivity index (χ1v) is 9.58. The highest BCUT2D eigenvalue weighted by atomic mass is 16.5. The maximum absolute atomic E-state index is 12.8. The van der Waals surface area contributed by atoms with Crippen LogP contribution in [-0.2, 0) is 9.53 Å². The van der Waals surface area contributed by atoms with Gasteiger partial charge >= 0.3 is 0 Å². The van der Waals surface area contributed by atoms with Crippen LogP contribution >= 0.6 is 0 Å². The molecule has 1 amide bonds. The van der Waals surface area contributed by atoms with Crippen LogP contribution in [0.4, 0.5) is 0 Å². The SMILES string of the molecule is CCN1CCN(C(=O)[C@@H](C)N[C@H](CN2CCOCC2)C(C)C)CC1. The van der Waals surface area contributed by atoms with Crippen LogP contribution in [0.3, 0.4) is 0 Å². The molecule has 2 rings (SSSR count). The van der Waals surface area contributed by atoms with E-state index in [9.17, 15) is 4.79 Å². The van der Waals surface area contributed by atoms with Gasteiger partial charge in [0, 0.05) is 51.9 Å². The number of morpholine rings is 1. The van der Waals surface area contributed by atoms with E-state index in [-0.39, 0.29) is 11.9 Å². The Labute approximate surface area is 147 Å². The van der Waals surface area contributed by atoms with Gasteiger partial charge in [-0.05, 0) is 19.4 Å². The molecule has 2 aliphatic rings. The molecule has 0 radical (unpaired) electrons. The van der Waals surface area contributed by atoms with Crippen molar-refractivity contribution in [2.45, 2.75) is 39.8 Å². The summed E-state index contributed by atoms with van der Waals surface area (Å²) in [6.07, 6.45) is 0. The number of hydrogen-bond donors (Lipinski definition) is 1. The molecule has 0 unspecified atom stereocenters. The van der Waals surface area contributed by atoms with Crippen molar-refractivity contribution in [3.63, 3.8) is 0 Å². The minimum atomic E-state index is -0.119. The summed E-state index contributed by atoms with van der Waals surface area (Å²) in [4.78, 5) is 19.6.